The van der Waals surface area contributed by atoms with Crippen LogP contribution in [0.15, 0.2) is 36.4 Å². The molecule has 1 aromatic carbocycles. The first kappa shape index (κ1) is 25.1. The van der Waals surface area contributed by atoms with E-state index >= 15 is 0 Å². The summed E-state index contributed by atoms with van der Waals surface area (Å²) in [5.41, 5.74) is 0.199. The van der Waals surface area contributed by atoms with Crippen molar-refractivity contribution in [1.29, 1.82) is 0 Å². The third kappa shape index (κ3) is 6.19. The fraction of sp³-hybridized carbons (Fsp3) is 0.545. The van der Waals surface area contributed by atoms with Crippen molar-refractivity contribution in [1.82, 2.24) is 4.90 Å². The number of ether oxygens (including phenoxy) is 2. The van der Waals surface area contributed by atoms with Crippen molar-refractivity contribution in [3.05, 3.63) is 42.0 Å². The normalized spacial score (nSPS) is 22.0. The third-order valence-electron chi connectivity index (χ3n) is 5.03. The van der Waals surface area contributed by atoms with E-state index in [1.807, 2.05) is 42.5 Å². The molecule has 1 amide bonds. The largest absolute Gasteiger partial charge is 0.467 e. The van der Waals surface area contributed by atoms with Gasteiger partial charge in [-0.25, -0.2) is 9.59 Å². The number of nitrogens with zero attached hydrogens (tertiary/aromatic N) is 1. The maximum atomic E-state index is 13.5. The monoisotopic (exact) mass is 453 g/mol. The molecule has 1 aliphatic heterocycles. The van der Waals surface area contributed by atoms with Crippen LogP contribution in [0.1, 0.15) is 39.2 Å². The molecule has 0 radical (unpaired) electrons. The van der Waals surface area contributed by atoms with Gasteiger partial charge in [-0.1, -0.05) is 42.5 Å². The minimum absolute atomic E-state index is 0.242. The van der Waals surface area contributed by atoms with Gasteiger partial charge in [0.2, 0.25) is 0 Å². The number of carbonyl (C=O) groups excluding carboxylic acids is 2. The van der Waals surface area contributed by atoms with E-state index in [1.165, 1.54) is 26.2 Å². The van der Waals surface area contributed by atoms with Crippen LogP contribution in [0.25, 0.3) is 6.08 Å². The zero-order valence-corrected chi connectivity index (χ0v) is 19.8. The summed E-state index contributed by atoms with van der Waals surface area (Å²) >= 11 is 0. The van der Waals surface area contributed by atoms with Crippen LogP contribution < -0.4 is 0 Å². The van der Waals surface area contributed by atoms with Gasteiger partial charge >= 0.3 is 19.7 Å². The maximum absolute atomic E-state index is 13.5. The molecule has 0 unspecified atom stereocenters. The van der Waals surface area contributed by atoms with Crippen LogP contribution in [-0.4, -0.2) is 55.7 Å². The highest BCUT2D eigenvalue weighted by Gasteiger charge is 2.56. The Hall–Kier alpha value is -2.15. The van der Waals surface area contributed by atoms with E-state index in [1.54, 1.807) is 20.8 Å². The van der Waals surface area contributed by atoms with E-state index < -0.39 is 37.1 Å². The average Bonchev–Trinajstić information content (AvgIpc) is 3.12. The molecule has 0 bridgehead atoms. The van der Waals surface area contributed by atoms with Crippen LogP contribution >= 0.6 is 7.60 Å². The number of rotatable bonds is 7. The third-order valence-corrected chi connectivity index (χ3v) is 7.36. The Morgan fingerprint density at radius 1 is 1.13 bits per heavy atom. The number of methoxy groups -OCH3 is 1. The summed E-state index contributed by atoms with van der Waals surface area (Å²) < 4.78 is 34.4. The van der Waals surface area contributed by atoms with Gasteiger partial charge in [-0.3, -0.25) is 9.46 Å². The lowest BCUT2D eigenvalue weighted by atomic mass is 10.0. The summed E-state index contributed by atoms with van der Waals surface area (Å²) in [6.45, 7) is 5.15. The van der Waals surface area contributed by atoms with Crippen LogP contribution in [0.2, 0.25) is 0 Å². The van der Waals surface area contributed by atoms with Crippen LogP contribution in [-0.2, 0) is 27.9 Å². The second-order valence-electron chi connectivity index (χ2n) is 8.29. The molecule has 8 nitrogen and oxygen atoms in total. The first-order valence-electron chi connectivity index (χ1n) is 10.1. The number of benzene rings is 1. The molecular formula is C22H32NO7P. The number of allylic oxidation sites excluding steroid dienone is 1. The lowest BCUT2D eigenvalue weighted by Gasteiger charge is -2.34. The number of hydrogen-bond donors (Lipinski definition) is 0. The predicted molar refractivity (Wildman–Crippen MR) is 117 cm³/mol. The van der Waals surface area contributed by atoms with Gasteiger partial charge in [-0.2, -0.15) is 0 Å². The molecule has 2 rings (SSSR count). The Bertz CT molecular complexity index is 826. The van der Waals surface area contributed by atoms with Crippen molar-refractivity contribution in [3.8, 4) is 0 Å². The van der Waals surface area contributed by atoms with E-state index in [0.717, 1.165) is 5.56 Å². The van der Waals surface area contributed by atoms with Gasteiger partial charge < -0.3 is 18.5 Å². The maximum Gasteiger partial charge on any atom is 0.411 e. The molecule has 3 atom stereocenters. The summed E-state index contributed by atoms with van der Waals surface area (Å²) in [7, 11) is 0.000350. The number of amides is 1. The van der Waals surface area contributed by atoms with Crippen molar-refractivity contribution in [2.45, 2.75) is 51.0 Å². The highest BCUT2D eigenvalue weighted by Crippen LogP contribution is 2.60. The standard InChI is InChI=1S/C22H32NO7P/c1-22(2,3)30-21(25)23-18(20(24)27-4)15-17(19(23)31(26,28-5)29-6)14-10-13-16-11-8-7-9-12-16/h7-13,17-19H,14-15H2,1-6H3/b13-10+/t17-,18+,19+/m1/s1. The fourth-order valence-corrected chi connectivity index (χ4v) is 5.59. The van der Waals surface area contributed by atoms with Crippen molar-refractivity contribution < 1.29 is 32.7 Å². The van der Waals surface area contributed by atoms with Crippen molar-refractivity contribution >= 4 is 25.7 Å². The molecule has 0 saturated carbocycles. The van der Waals surface area contributed by atoms with Crippen molar-refractivity contribution in [3.63, 3.8) is 0 Å². The smallest absolute Gasteiger partial charge is 0.411 e. The summed E-state index contributed by atoms with van der Waals surface area (Å²) in [6.07, 6.45) is 3.78. The highest BCUT2D eigenvalue weighted by molar-refractivity contribution is 7.54. The Morgan fingerprint density at radius 3 is 2.26 bits per heavy atom. The molecule has 0 spiro atoms. The van der Waals surface area contributed by atoms with Crippen LogP contribution in [0.5, 0.6) is 0 Å². The van der Waals surface area contributed by atoms with Crippen molar-refractivity contribution in [2.75, 3.05) is 21.3 Å². The lowest BCUT2D eigenvalue weighted by Crippen LogP contribution is -2.48. The van der Waals surface area contributed by atoms with Gasteiger partial charge in [-0.15, -0.1) is 0 Å². The zero-order valence-electron chi connectivity index (χ0n) is 18.9. The summed E-state index contributed by atoms with van der Waals surface area (Å²) in [4.78, 5) is 26.8. The SMILES string of the molecule is COC(=O)[C@@H]1C[C@@H](C/C=C/c2ccccc2)[C@H](P(=O)(OC)OC)N1C(=O)OC(C)(C)C. The van der Waals surface area contributed by atoms with Gasteiger partial charge in [-0.05, 0) is 45.1 Å². The second-order valence-corrected chi connectivity index (χ2v) is 10.6. The van der Waals surface area contributed by atoms with E-state index in [0.29, 0.717) is 6.42 Å². The summed E-state index contributed by atoms with van der Waals surface area (Å²) in [6, 6.07) is 8.75. The molecular weight excluding hydrogens is 421 g/mol. The van der Waals surface area contributed by atoms with E-state index in [9.17, 15) is 14.2 Å². The van der Waals surface area contributed by atoms with E-state index in [4.69, 9.17) is 18.5 Å². The molecule has 1 aliphatic rings. The fourth-order valence-electron chi connectivity index (χ4n) is 3.69. The van der Waals surface area contributed by atoms with E-state index in [-0.39, 0.29) is 12.3 Å². The Labute approximate surface area is 184 Å². The quantitative estimate of drug-likeness (QED) is 0.436. The number of hydrogen-bond acceptors (Lipinski definition) is 7. The molecule has 172 valence electrons. The molecule has 1 aromatic rings. The van der Waals surface area contributed by atoms with Crippen LogP contribution in [0.3, 0.4) is 0 Å². The minimum atomic E-state index is -3.78. The van der Waals surface area contributed by atoms with Crippen LogP contribution in [0.4, 0.5) is 4.79 Å². The van der Waals surface area contributed by atoms with Gasteiger partial charge in [0, 0.05) is 14.2 Å². The highest BCUT2D eigenvalue weighted by atomic mass is 31.2. The van der Waals surface area contributed by atoms with Gasteiger partial charge in [0.1, 0.15) is 17.4 Å². The van der Waals surface area contributed by atoms with Crippen molar-refractivity contribution in [2.24, 2.45) is 5.92 Å². The Kier molecular flexibility index (Phi) is 8.46. The molecule has 1 fully saturated rings. The topological polar surface area (TPSA) is 91.4 Å². The average molecular weight is 453 g/mol. The van der Waals surface area contributed by atoms with Gasteiger partial charge in [0.25, 0.3) is 0 Å². The summed E-state index contributed by atoms with van der Waals surface area (Å²) in [5, 5.41) is 0. The van der Waals surface area contributed by atoms with Gasteiger partial charge in [0.15, 0.2) is 0 Å². The van der Waals surface area contributed by atoms with Crippen LogP contribution in [0, 0.1) is 5.92 Å². The number of esters is 1. The predicted octanol–water partition coefficient (Wildman–Crippen LogP) is 4.70. The minimum Gasteiger partial charge on any atom is -0.467 e. The molecule has 0 aliphatic carbocycles. The number of likely N-dealkylation sites (tertiary alicyclic amines) is 1. The summed E-state index contributed by atoms with van der Waals surface area (Å²) in [5.74, 6) is -1.98. The Morgan fingerprint density at radius 2 is 1.74 bits per heavy atom. The molecule has 9 heteroatoms. The molecule has 1 heterocycles. The molecule has 0 N–H and O–H groups in total. The first-order chi connectivity index (χ1) is 14.6. The Balaban J connectivity index is 2.42. The lowest BCUT2D eigenvalue weighted by molar-refractivity contribution is -0.145. The molecule has 1 saturated heterocycles. The number of carbonyl (C=O) groups is 2. The van der Waals surface area contributed by atoms with Gasteiger partial charge in [0.05, 0.1) is 7.11 Å². The van der Waals surface area contributed by atoms with E-state index in [2.05, 4.69) is 0 Å². The first-order valence-corrected chi connectivity index (χ1v) is 11.7. The molecule has 0 aromatic heterocycles. The second kappa shape index (κ2) is 10.4. The molecule has 31 heavy (non-hydrogen) atoms. The zero-order chi connectivity index (χ0) is 23.2.